The molecule has 0 atom stereocenters. The molecule has 124 valence electrons. The molecular weight excluding hydrogens is 431 g/mol. The molecule has 8 heteroatoms. The average molecular weight is 444 g/mol. The number of aromatic nitrogens is 1. The first-order chi connectivity index (χ1) is 11.3. The predicted molar refractivity (Wildman–Crippen MR) is 94.8 cm³/mol. The SMILES string of the molecule is [B]c1ccccc1C(=O)NCCc1ncc(C(F)(F)F)cc1CI. The number of carbonyl (C=O) groups is 1. The number of pyridine rings is 1. The summed E-state index contributed by atoms with van der Waals surface area (Å²) in [7, 11) is 5.73. The summed E-state index contributed by atoms with van der Waals surface area (Å²) in [5.74, 6) is -0.323. The van der Waals surface area contributed by atoms with Crippen molar-refractivity contribution in [2.75, 3.05) is 6.54 Å². The lowest BCUT2D eigenvalue weighted by Crippen LogP contribution is -2.30. The molecule has 2 radical (unpaired) electrons. The first-order valence-corrected chi connectivity index (χ1v) is 8.59. The van der Waals surface area contributed by atoms with E-state index in [1.54, 1.807) is 24.3 Å². The summed E-state index contributed by atoms with van der Waals surface area (Å²) in [6, 6.07) is 7.77. The number of nitrogens with zero attached hydrogens (tertiary/aromatic N) is 1. The van der Waals surface area contributed by atoms with Gasteiger partial charge in [-0.2, -0.15) is 13.2 Å². The molecule has 1 amide bonds. The number of hydrogen-bond acceptors (Lipinski definition) is 2. The van der Waals surface area contributed by atoms with Gasteiger partial charge in [0.1, 0.15) is 7.85 Å². The Labute approximate surface area is 152 Å². The van der Waals surface area contributed by atoms with Crippen LogP contribution in [0.15, 0.2) is 36.5 Å². The second-order valence-electron chi connectivity index (χ2n) is 5.05. The zero-order valence-corrected chi connectivity index (χ0v) is 14.7. The third-order valence-corrected chi connectivity index (χ3v) is 4.21. The van der Waals surface area contributed by atoms with Gasteiger partial charge >= 0.3 is 6.18 Å². The van der Waals surface area contributed by atoms with E-state index in [0.717, 1.165) is 12.3 Å². The first kappa shape index (κ1) is 18.8. The summed E-state index contributed by atoms with van der Waals surface area (Å²) in [4.78, 5) is 15.9. The van der Waals surface area contributed by atoms with E-state index in [1.807, 2.05) is 22.6 Å². The molecule has 0 unspecified atom stereocenters. The lowest BCUT2D eigenvalue weighted by Gasteiger charge is -2.12. The van der Waals surface area contributed by atoms with Crippen LogP contribution in [-0.4, -0.2) is 25.3 Å². The van der Waals surface area contributed by atoms with Gasteiger partial charge in [-0.1, -0.05) is 52.3 Å². The maximum atomic E-state index is 12.7. The van der Waals surface area contributed by atoms with Gasteiger partial charge in [0, 0.05) is 34.8 Å². The van der Waals surface area contributed by atoms with Crippen LogP contribution < -0.4 is 10.8 Å². The van der Waals surface area contributed by atoms with Crippen molar-refractivity contribution in [1.29, 1.82) is 0 Å². The van der Waals surface area contributed by atoms with E-state index in [2.05, 4.69) is 10.3 Å². The van der Waals surface area contributed by atoms with Crippen molar-refractivity contribution in [2.24, 2.45) is 0 Å². The number of rotatable bonds is 5. The number of amides is 1. The molecule has 0 aliphatic heterocycles. The van der Waals surface area contributed by atoms with Gasteiger partial charge in [-0.05, 0) is 11.6 Å². The molecule has 0 aliphatic rings. The number of alkyl halides is 4. The molecule has 1 aromatic carbocycles. The maximum absolute atomic E-state index is 12.7. The molecule has 3 nitrogen and oxygen atoms in total. The summed E-state index contributed by atoms with van der Waals surface area (Å²) < 4.78 is 38.5. The highest BCUT2D eigenvalue weighted by Crippen LogP contribution is 2.30. The number of hydrogen-bond donors (Lipinski definition) is 1. The fourth-order valence-corrected chi connectivity index (χ4v) is 2.79. The van der Waals surface area contributed by atoms with Crippen LogP contribution >= 0.6 is 22.6 Å². The van der Waals surface area contributed by atoms with Crippen LogP contribution in [-0.2, 0) is 17.0 Å². The molecular formula is C16H13BF3IN2O. The van der Waals surface area contributed by atoms with E-state index < -0.39 is 11.7 Å². The molecule has 2 aromatic rings. The number of carbonyl (C=O) groups excluding carboxylic acids is 1. The molecule has 24 heavy (non-hydrogen) atoms. The second-order valence-corrected chi connectivity index (χ2v) is 5.82. The van der Waals surface area contributed by atoms with E-state index in [9.17, 15) is 18.0 Å². The minimum absolute atomic E-state index is 0.259. The van der Waals surface area contributed by atoms with Gasteiger partial charge in [0.05, 0.1) is 5.56 Å². The Balaban J connectivity index is 2.02. The Bertz CT molecular complexity index is 738. The number of benzene rings is 1. The van der Waals surface area contributed by atoms with E-state index in [0.29, 0.717) is 33.1 Å². The topological polar surface area (TPSA) is 42.0 Å². The number of nitrogens with one attached hydrogen (secondary N) is 1. The summed E-state index contributed by atoms with van der Waals surface area (Å²) in [5.41, 5.74) is 1.03. The predicted octanol–water partition coefficient (Wildman–Crippen LogP) is 2.80. The molecule has 1 aromatic heterocycles. The zero-order valence-electron chi connectivity index (χ0n) is 12.5. The lowest BCUT2D eigenvalue weighted by atomic mass is 9.90. The van der Waals surface area contributed by atoms with E-state index in [-0.39, 0.29) is 12.5 Å². The molecule has 2 rings (SSSR count). The van der Waals surface area contributed by atoms with Crippen LogP contribution in [0.3, 0.4) is 0 Å². The fraction of sp³-hybridized carbons (Fsp3) is 0.250. The van der Waals surface area contributed by atoms with Crippen molar-refractivity contribution in [1.82, 2.24) is 10.3 Å². The monoisotopic (exact) mass is 444 g/mol. The van der Waals surface area contributed by atoms with Crippen LogP contribution in [0.25, 0.3) is 0 Å². The van der Waals surface area contributed by atoms with E-state index in [1.165, 1.54) is 0 Å². The van der Waals surface area contributed by atoms with Crippen molar-refractivity contribution in [3.8, 4) is 0 Å². The summed E-state index contributed by atoms with van der Waals surface area (Å²) in [5, 5.41) is 2.70. The van der Waals surface area contributed by atoms with Crippen LogP contribution in [0.1, 0.15) is 27.2 Å². The molecule has 0 fully saturated rings. The summed E-state index contributed by atoms with van der Waals surface area (Å²) in [6.45, 7) is 0.259. The quantitative estimate of drug-likeness (QED) is 0.438. The number of halogens is 4. The highest BCUT2D eigenvalue weighted by molar-refractivity contribution is 14.1. The van der Waals surface area contributed by atoms with Crippen LogP contribution in [0.4, 0.5) is 13.2 Å². The smallest absolute Gasteiger partial charge is 0.352 e. The molecule has 0 saturated heterocycles. The molecule has 0 saturated carbocycles. The Hall–Kier alpha value is -1.58. The van der Waals surface area contributed by atoms with Crippen molar-refractivity contribution in [2.45, 2.75) is 17.0 Å². The lowest BCUT2D eigenvalue weighted by molar-refractivity contribution is -0.137. The molecule has 0 spiro atoms. The van der Waals surface area contributed by atoms with Crippen molar-refractivity contribution in [3.63, 3.8) is 0 Å². The molecule has 0 bridgehead atoms. The molecule has 1 N–H and O–H groups in total. The van der Waals surface area contributed by atoms with Gasteiger partial charge in [-0.25, -0.2) is 0 Å². The second kappa shape index (κ2) is 8.00. The summed E-state index contributed by atoms with van der Waals surface area (Å²) in [6.07, 6.45) is -3.25. The zero-order chi connectivity index (χ0) is 17.7. The third-order valence-electron chi connectivity index (χ3n) is 3.38. The van der Waals surface area contributed by atoms with Crippen LogP contribution in [0, 0.1) is 0 Å². The highest BCUT2D eigenvalue weighted by atomic mass is 127. The van der Waals surface area contributed by atoms with Gasteiger partial charge in [-0.3, -0.25) is 9.78 Å². The largest absolute Gasteiger partial charge is 0.417 e. The van der Waals surface area contributed by atoms with Crippen molar-refractivity contribution >= 4 is 41.8 Å². The van der Waals surface area contributed by atoms with Gasteiger partial charge in [-0.15, -0.1) is 0 Å². The maximum Gasteiger partial charge on any atom is 0.417 e. The van der Waals surface area contributed by atoms with Gasteiger partial charge < -0.3 is 5.32 Å². The fourth-order valence-electron chi connectivity index (χ4n) is 2.13. The van der Waals surface area contributed by atoms with Crippen LogP contribution in [0.2, 0.25) is 0 Å². The summed E-state index contributed by atoms with van der Waals surface area (Å²) >= 11 is 1.99. The van der Waals surface area contributed by atoms with Crippen LogP contribution in [0.5, 0.6) is 0 Å². The van der Waals surface area contributed by atoms with E-state index >= 15 is 0 Å². The van der Waals surface area contributed by atoms with Crippen molar-refractivity contribution < 1.29 is 18.0 Å². The standard InChI is InChI=1S/C16H13BF3IN2O/c17-13-4-2-1-3-12(13)15(24)22-6-5-14-10(8-21)7-11(9-23-14)16(18,19)20/h1-4,7,9H,5-6,8H2,(H,22,24). The Morgan fingerprint density at radius 2 is 2.00 bits per heavy atom. The average Bonchev–Trinajstić information content (AvgIpc) is 2.54. The molecule has 0 aliphatic carbocycles. The Morgan fingerprint density at radius 1 is 1.29 bits per heavy atom. The normalized spacial score (nSPS) is 11.3. The first-order valence-electron chi connectivity index (χ1n) is 7.06. The Morgan fingerprint density at radius 3 is 2.62 bits per heavy atom. The minimum atomic E-state index is -4.41. The third kappa shape index (κ3) is 4.72. The Kier molecular flexibility index (Phi) is 6.25. The van der Waals surface area contributed by atoms with Gasteiger partial charge in [0.2, 0.25) is 0 Å². The van der Waals surface area contributed by atoms with Gasteiger partial charge in [0.25, 0.3) is 5.91 Å². The molecule has 1 heterocycles. The van der Waals surface area contributed by atoms with Gasteiger partial charge in [0.15, 0.2) is 0 Å². The minimum Gasteiger partial charge on any atom is -0.352 e. The highest BCUT2D eigenvalue weighted by Gasteiger charge is 2.31. The van der Waals surface area contributed by atoms with E-state index in [4.69, 9.17) is 7.85 Å². The van der Waals surface area contributed by atoms with Crippen molar-refractivity contribution in [3.05, 3.63) is 58.9 Å².